The van der Waals surface area contributed by atoms with Gasteiger partial charge in [-0.3, -0.25) is 0 Å². The van der Waals surface area contributed by atoms with Crippen molar-refractivity contribution in [3.63, 3.8) is 0 Å². The number of hydrogen-bond donors (Lipinski definition) is 0. The standard InChI is InChI=1S/C17H22N2OS/c1-13-6-4-5-7-15(13)16-18-8-14(21-16)9-19(3)10-17(2)11-20-12-17/h4-8H,9-12H2,1-3H3. The van der Waals surface area contributed by atoms with Crippen molar-refractivity contribution in [1.29, 1.82) is 0 Å². The van der Waals surface area contributed by atoms with E-state index in [0.717, 1.165) is 31.3 Å². The van der Waals surface area contributed by atoms with Crippen LogP contribution in [0.3, 0.4) is 0 Å². The van der Waals surface area contributed by atoms with Gasteiger partial charge in [-0.25, -0.2) is 4.98 Å². The summed E-state index contributed by atoms with van der Waals surface area (Å²) in [6, 6.07) is 8.43. The second kappa shape index (κ2) is 5.87. The quantitative estimate of drug-likeness (QED) is 0.844. The lowest BCUT2D eigenvalue weighted by molar-refractivity contribution is -0.113. The van der Waals surface area contributed by atoms with Crippen molar-refractivity contribution in [3.05, 3.63) is 40.9 Å². The van der Waals surface area contributed by atoms with Crippen LogP contribution in [0.25, 0.3) is 10.6 Å². The topological polar surface area (TPSA) is 25.4 Å². The Bertz CT molecular complexity index is 619. The highest BCUT2D eigenvalue weighted by Crippen LogP contribution is 2.30. The van der Waals surface area contributed by atoms with E-state index in [9.17, 15) is 0 Å². The Morgan fingerprint density at radius 2 is 2.10 bits per heavy atom. The van der Waals surface area contributed by atoms with Gasteiger partial charge >= 0.3 is 0 Å². The van der Waals surface area contributed by atoms with Gasteiger partial charge in [0.1, 0.15) is 5.01 Å². The smallest absolute Gasteiger partial charge is 0.123 e. The van der Waals surface area contributed by atoms with Crippen LogP contribution in [0.5, 0.6) is 0 Å². The van der Waals surface area contributed by atoms with Gasteiger partial charge in [0.25, 0.3) is 0 Å². The zero-order valence-electron chi connectivity index (χ0n) is 12.9. The van der Waals surface area contributed by atoms with Gasteiger partial charge in [-0.2, -0.15) is 0 Å². The van der Waals surface area contributed by atoms with Crippen LogP contribution in [0.2, 0.25) is 0 Å². The molecule has 2 heterocycles. The summed E-state index contributed by atoms with van der Waals surface area (Å²) in [4.78, 5) is 8.29. The summed E-state index contributed by atoms with van der Waals surface area (Å²) in [6.45, 7) is 8.23. The molecular formula is C17H22N2OS. The Balaban J connectivity index is 1.66. The minimum atomic E-state index is 0.332. The Kier molecular flexibility index (Phi) is 4.11. The van der Waals surface area contributed by atoms with Crippen LogP contribution in [0.4, 0.5) is 0 Å². The number of rotatable bonds is 5. The van der Waals surface area contributed by atoms with Crippen LogP contribution in [0, 0.1) is 12.3 Å². The summed E-state index contributed by atoms with van der Waals surface area (Å²) in [5, 5.41) is 1.12. The van der Waals surface area contributed by atoms with Gasteiger partial charge in [0, 0.05) is 35.1 Å². The third-order valence-electron chi connectivity index (χ3n) is 3.91. The van der Waals surface area contributed by atoms with Crippen LogP contribution in [0.15, 0.2) is 30.5 Å². The molecule has 4 heteroatoms. The van der Waals surface area contributed by atoms with Crippen LogP contribution in [-0.2, 0) is 11.3 Å². The number of aromatic nitrogens is 1. The average molecular weight is 302 g/mol. The van der Waals surface area contributed by atoms with Crippen LogP contribution >= 0.6 is 11.3 Å². The molecule has 0 saturated carbocycles. The normalized spacial score (nSPS) is 17.0. The third kappa shape index (κ3) is 3.34. The fraction of sp³-hybridized carbons (Fsp3) is 0.471. The molecule has 3 rings (SSSR count). The lowest BCUT2D eigenvalue weighted by Gasteiger charge is -2.40. The summed E-state index contributed by atoms with van der Waals surface area (Å²) in [5.74, 6) is 0. The lowest BCUT2D eigenvalue weighted by Crippen LogP contribution is -2.47. The maximum atomic E-state index is 5.33. The van der Waals surface area contributed by atoms with E-state index in [-0.39, 0.29) is 0 Å². The number of ether oxygens (including phenoxy) is 1. The summed E-state index contributed by atoms with van der Waals surface area (Å²) in [7, 11) is 2.18. The molecule has 112 valence electrons. The molecule has 1 fully saturated rings. The van der Waals surface area contributed by atoms with Crippen LogP contribution < -0.4 is 0 Å². The molecule has 0 atom stereocenters. The fourth-order valence-corrected chi connectivity index (χ4v) is 3.92. The first-order valence-corrected chi connectivity index (χ1v) is 8.14. The van der Waals surface area contributed by atoms with Crippen LogP contribution in [0.1, 0.15) is 17.4 Å². The van der Waals surface area contributed by atoms with Gasteiger partial charge in [0.05, 0.1) is 13.2 Å². The van der Waals surface area contributed by atoms with Crippen molar-refractivity contribution in [2.24, 2.45) is 5.41 Å². The van der Waals surface area contributed by atoms with Crippen molar-refractivity contribution in [1.82, 2.24) is 9.88 Å². The number of nitrogens with zero attached hydrogens (tertiary/aromatic N) is 2. The van der Waals surface area contributed by atoms with E-state index < -0.39 is 0 Å². The van der Waals surface area contributed by atoms with Gasteiger partial charge in [0.2, 0.25) is 0 Å². The number of hydrogen-bond acceptors (Lipinski definition) is 4. The molecule has 21 heavy (non-hydrogen) atoms. The second-order valence-electron chi connectivity index (χ2n) is 6.42. The molecule has 0 spiro atoms. The van der Waals surface area contributed by atoms with Crippen molar-refractivity contribution >= 4 is 11.3 Å². The zero-order chi connectivity index (χ0) is 14.9. The first kappa shape index (κ1) is 14.7. The highest BCUT2D eigenvalue weighted by Gasteiger charge is 2.34. The van der Waals surface area contributed by atoms with Gasteiger partial charge in [-0.1, -0.05) is 31.2 Å². The van der Waals surface area contributed by atoms with E-state index in [4.69, 9.17) is 4.74 Å². The maximum absolute atomic E-state index is 5.33. The Morgan fingerprint density at radius 3 is 2.76 bits per heavy atom. The summed E-state index contributed by atoms with van der Waals surface area (Å²) < 4.78 is 5.33. The van der Waals surface area contributed by atoms with Gasteiger partial charge < -0.3 is 9.64 Å². The van der Waals surface area contributed by atoms with E-state index >= 15 is 0 Å². The van der Waals surface area contributed by atoms with Crippen molar-refractivity contribution in [2.75, 3.05) is 26.8 Å². The summed E-state index contributed by atoms with van der Waals surface area (Å²) in [6.07, 6.45) is 2.02. The summed E-state index contributed by atoms with van der Waals surface area (Å²) >= 11 is 1.80. The predicted octanol–water partition coefficient (Wildman–Crippen LogP) is 3.59. The Labute approximate surface area is 130 Å². The van der Waals surface area contributed by atoms with E-state index in [1.807, 2.05) is 6.20 Å². The molecule has 0 aliphatic carbocycles. The largest absolute Gasteiger partial charge is 0.380 e. The minimum Gasteiger partial charge on any atom is -0.380 e. The molecule has 3 nitrogen and oxygen atoms in total. The highest BCUT2D eigenvalue weighted by molar-refractivity contribution is 7.15. The SMILES string of the molecule is Cc1ccccc1-c1ncc(CN(C)CC2(C)COC2)s1. The number of thiazole rings is 1. The highest BCUT2D eigenvalue weighted by atomic mass is 32.1. The monoisotopic (exact) mass is 302 g/mol. The van der Waals surface area contributed by atoms with Gasteiger partial charge in [-0.15, -0.1) is 11.3 Å². The van der Waals surface area contributed by atoms with Gasteiger partial charge in [0.15, 0.2) is 0 Å². The molecule has 1 saturated heterocycles. The predicted molar refractivity (Wildman–Crippen MR) is 87.5 cm³/mol. The van der Waals surface area contributed by atoms with E-state index in [1.165, 1.54) is 16.0 Å². The van der Waals surface area contributed by atoms with E-state index in [0.29, 0.717) is 5.41 Å². The van der Waals surface area contributed by atoms with Crippen molar-refractivity contribution < 1.29 is 4.74 Å². The van der Waals surface area contributed by atoms with Crippen molar-refractivity contribution in [2.45, 2.75) is 20.4 Å². The summed E-state index contributed by atoms with van der Waals surface area (Å²) in [5.41, 5.74) is 2.86. The van der Waals surface area contributed by atoms with E-state index in [2.05, 4.69) is 55.0 Å². The molecule has 1 aliphatic rings. The number of aryl methyl sites for hydroxylation is 1. The zero-order valence-corrected chi connectivity index (χ0v) is 13.7. The molecule has 0 radical (unpaired) electrons. The van der Waals surface area contributed by atoms with Crippen LogP contribution in [-0.4, -0.2) is 36.7 Å². The fourth-order valence-electron chi connectivity index (χ4n) is 2.83. The Morgan fingerprint density at radius 1 is 1.33 bits per heavy atom. The first-order chi connectivity index (χ1) is 10.1. The molecule has 1 aliphatic heterocycles. The number of benzene rings is 1. The molecule has 1 aromatic heterocycles. The molecule has 0 amide bonds. The average Bonchev–Trinajstić information content (AvgIpc) is 2.85. The minimum absolute atomic E-state index is 0.332. The second-order valence-corrected chi connectivity index (χ2v) is 7.54. The molecular weight excluding hydrogens is 280 g/mol. The van der Waals surface area contributed by atoms with E-state index in [1.54, 1.807) is 11.3 Å². The lowest BCUT2D eigenvalue weighted by atomic mass is 9.88. The molecule has 1 aromatic carbocycles. The van der Waals surface area contributed by atoms with Crippen molar-refractivity contribution in [3.8, 4) is 10.6 Å². The molecule has 0 bridgehead atoms. The van der Waals surface area contributed by atoms with Gasteiger partial charge in [-0.05, 0) is 19.5 Å². The molecule has 2 aromatic rings. The first-order valence-electron chi connectivity index (χ1n) is 7.33. The third-order valence-corrected chi connectivity index (χ3v) is 4.92. The molecule has 0 unspecified atom stereocenters. The maximum Gasteiger partial charge on any atom is 0.123 e. The Hall–Kier alpha value is -1.23. The molecule has 0 N–H and O–H groups in total.